The van der Waals surface area contributed by atoms with E-state index in [1.807, 2.05) is 0 Å². The van der Waals surface area contributed by atoms with Gasteiger partial charge in [-0.3, -0.25) is 4.79 Å². The highest BCUT2D eigenvalue weighted by Crippen LogP contribution is 2.17. The van der Waals surface area contributed by atoms with Gasteiger partial charge in [0, 0.05) is 6.54 Å². The van der Waals surface area contributed by atoms with Crippen molar-refractivity contribution in [2.45, 2.75) is 32.6 Å². The molecule has 20 heavy (non-hydrogen) atoms. The molecule has 1 N–H and O–H groups in total. The molecule has 0 aliphatic carbocycles. The summed E-state index contributed by atoms with van der Waals surface area (Å²) in [5, 5.41) is 8.96. The van der Waals surface area contributed by atoms with Gasteiger partial charge in [-0.25, -0.2) is 0 Å². The number of likely N-dealkylation sites (tertiary alicyclic amines) is 1. The minimum absolute atomic E-state index is 0. The number of aliphatic carboxylic acids is 1. The summed E-state index contributed by atoms with van der Waals surface area (Å²) >= 11 is 0. The van der Waals surface area contributed by atoms with Gasteiger partial charge in [-0.1, -0.05) is 31.2 Å². The molecule has 0 saturated carbocycles. The number of hydrogen-bond donors (Lipinski definition) is 1. The van der Waals surface area contributed by atoms with Gasteiger partial charge in [-0.05, 0) is 49.9 Å². The van der Waals surface area contributed by atoms with E-state index in [4.69, 9.17) is 5.11 Å². The largest absolute Gasteiger partial charge is 0.481 e. The van der Waals surface area contributed by atoms with Crippen LogP contribution in [-0.2, 0) is 17.6 Å². The van der Waals surface area contributed by atoms with Crippen LogP contribution in [0.2, 0.25) is 0 Å². The lowest BCUT2D eigenvalue weighted by Gasteiger charge is -2.29. The SMILES string of the molecule is CCc1ccc(CCN2CCC(C(=O)O)CC2)cc1.Cl. The van der Waals surface area contributed by atoms with Gasteiger partial charge in [0.05, 0.1) is 5.92 Å². The Hall–Kier alpha value is -1.06. The summed E-state index contributed by atoms with van der Waals surface area (Å²) < 4.78 is 0. The average molecular weight is 298 g/mol. The summed E-state index contributed by atoms with van der Waals surface area (Å²) in [5.41, 5.74) is 2.75. The topological polar surface area (TPSA) is 40.5 Å². The normalized spacial score (nSPS) is 16.6. The van der Waals surface area contributed by atoms with Crippen LogP contribution >= 0.6 is 12.4 Å². The summed E-state index contributed by atoms with van der Waals surface area (Å²) in [7, 11) is 0. The Morgan fingerprint density at radius 1 is 1.20 bits per heavy atom. The molecular weight excluding hydrogens is 274 g/mol. The molecule has 1 saturated heterocycles. The van der Waals surface area contributed by atoms with Gasteiger partial charge in [-0.15, -0.1) is 12.4 Å². The fraction of sp³-hybridized carbons (Fsp3) is 0.562. The molecule has 0 atom stereocenters. The van der Waals surface area contributed by atoms with Crippen LogP contribution < -0.4 is 0 Å². The Labute approximate surface area is 127 Å². The fourth-order valence-corrected chi connectivity index (χ4v) is 2.63. The van der Waals surface area contributed by atoms with Crippen molar-refractivity contribution in [3.8, 4) is 0 Å². The third kappa shape index (κ3) is 4.80. The second-order valence-corrected chi connectivity index (χ2v) is 5.37. The predicted molar refractivity (Wildman–Crippen MR) is 83.6 cm³/mol. The van der Waals surface area contributed by atoms with Crippen LogP contribution in [0.4, 0.5) is 0 Å². The van der Waals surface area contributed by atoms with Crippen molar-refractivity contribution in [1.82, 2.24) is 4.90 Å². The summed E-state index contributed by atoms with van der Waals surface area (Å²) in [6.45, 7) is 5.05. The first-order chi connectivity index (χ1) is 9.19. The van der Waals surface area contributed by atoms with Crippen molar-refractivity contribution >= 4 is 18.4 Å². The van der Waals surface area contributed by atoms with Gasteiger partial charge in [0.2, 0.25) is 0 Å². The molecule has 4 heteroatoms. The number of piperidine rings is 1. The molecule has 112 valence electrons. The minimum atomic E-state index is -0.630. The van der Waals surface area contributed by atoms with Gasteiger partial charge < -0.3 is 10.0 Å². The van der Waals surface area contributed by atoms with E-state index in [0.29, 0.717) is 0 Å². The first-order valence-corrected chi connectivity index (χ1v) is 7.22. The molecular formula is C16H24ClNO2. The number of aryl methyl sites for hydroxylation is 1. The molecule has 1 fully saturated rings. The third-order valence-corrected chi connectivity index (χ3v) is 4.08. The number of halogens is 1. The number of nitrogens with zero attached hydrogens (tertiary/aromatic N) is 1. The van der Waals surface area contributed by atoms with E-state index in [9.17, 15) is 4.79 Å². The second-order valence-electron chi connectivity index (χ2n) is 5.37. The van der Waals surface area contributed by atoms with Crippen molar-refractivity contribution < 1.29 is 9.90 Å². The fourth-order valence-electron chi connectivity index (χ4n) is 2.63. The summed E-state index contributed by atoms with van der Waals surface area (Å²) in [5.74, 6) is -0.755. The molecule has 1 aromatic carbocycles. The molecule has 0 aromatic heterocycles. The zero-order valence-electron chi connectivity index (χ0n) is 12.0. The Kier molecular flexibility index (Phi) is 7.03. The lowest BCUT2D eigenvalue weighted by molar-refractivity contribution is -0.143. The first-order valence-electron chi connectivity index (χ1n) is 7.22. The Balaban J connectivity index is 0.00000200. The Morgan fingerprint density at radius 2 is 1.75 bits per heavy atom. The summed E-state index contributed by atoms with van der Waals surface area (Å²) in [6.07, 6.45) is 3.74. The van der Waals surface area contributed by atoms with Crippen molar-refractivity contribution in [2.75, 3.05) is 19.6 Å². The second kappa shape index (κ2) is 8.28. The van der Waals surface area contributed by atoms with E-state index in [-0.39, 0.29) is 18.3 Å². The standard InChI is InChI=1S/C16H23NO2.ClH/c1-2-13-3-5-14(6-4-13)7-10-17-11-8-15(9-12-17)16(18)19;/h3-6,15H,2,7-12H2,1H3,(H,18,19);1H. The molecule has 2 rings (SSSR count). The van der Waals surface area contributed by atoms with Crippen LogP contribution in [0.25, 0.3) is 0 Å². The number of benzene rings is 1. The number of carboxylic acids is 1. The van der Waals surface area contributed by atoms with Gasteiger partial charge in [0.25, 0.3) is 0 Å². The van der Waals surface area contributed by atoms with Gasteiger partial charge in [0.1, 0.15) is 0 Å². The maximum Gasteiger partial charge on any atom is 0.306 e. The Bertz CT molecular complexity index is 411. The zero-order chi connectivity index (χ0) is 13.7. The van der Waals surface area contributed by atoms with Crippen molar-refractivity contribution in [1.29, 1.82) is 0 Å². The molecule has 0 unspecified atom stereocenters. The van der Waals surface area contributed by atoms with E-state index in [0.717, 1.165) is 45.3 Å². The van der Waals surface area contributed by atoms with Crippen molar-refractivity contribution in [3.05, 3.63) is 35.4 Å². The average Bonchev–Trinajstić information content (AvgIpc) is 2.46. The monoisotopic (exact) mass is 297 g/mol. The quantitative estimate of drug-likeness (QED) is 0.908. The van der Waals surface area contributed by atoms with Crippen LogP contribution in [0, 0.1) is 5.92 Å². The molecule has 0 amide bonds. The smallest absolute Gasteiger partial charge is 0.306 e. The van der Waals surface area contributed by atoms with Crippen molar-refractivity contribution in [3.63, 3.8) is 0 Å². The highest BCUT2D eigenvalue weighted by Gasteiger charge is 2.23. The van der Waals surface area contributed by atoms with Gasteiger partial charge in [0.15, 0.2) is 0 Å². The van der Waals surface area contributed by atoms with E-state index >= 15 is 0 Å². The third-order valence-electron chi connectivity index (χ3n) is 4.08. The van der Waals surface area contributed by atoms with E-state index < -0.39 is 5.97 Å². The molecule has 0 radical (unpaired) electrons. The number of hydrogen-bond acceptors (Lipinski definition) is 2. The van der Waals surface area contributed by atoms with E-state index in [1.165, 1.54) is 11.1 Å². The summed E-state index contributed by atoms with van der Waals surface area (Å²) in [6, 6.07) is 8.82. The maximum atomic E-state index is 10.9. The zero-order valence-corrected chi connectivity index (χ0v) is 12.9. The lowest BCUT2D eigenvalue weighted by atomic mass is 9.97. The molecule has 3 nitrogen and oxygen atoms in total. The molecule has 1 aliphatic heterocycles. The van der Waals surface area contributed by atoms with Crippen LogP contribution in [0.3, 0.4) is 0 Å². The number of carbonyl (C=O) groups is 1. The molecule has 0 bridgehead atoms. The van der Waals surface area contributed by atoms with Gasteiger partial charge in [-0.2, -0.15) is 0 Å². The highest BCUT2D eigenvalue weighted by molar-refractivity contribution is 5.85. The van der Waals surface area contributed by atoms with Crippen LogP contribution in [0.15, 0.2) is 24.3 Å². The minimum Gasteiger partial charge on any atom is -0.481 e. The van der Waals surface area contributed by atoms with Gasteiger partial charge >= 0.3 is 5.97 Å². The molecule has 1 aliphatic rings. The van der Waals surface area contributed by atoms with E-state index in [1.54, 1.807) is 0 Å². The maximum absolute atomic E-state index is 10.9. The predicted octanol–water partition coefficient (Wildman–Crippen LogP) is 3.01. The molecule has 1 heterocycles. The number of carboxylic acid groups (broad SMARTS) is 1. The highest BCUT2D eigenvalue weighted by atomic mass is 35.5. The molecule has 1 aromatic rings. The van der Waals surface area contributed by atoms with Crippen LogP contribution in [-0.4, -0.2) is 35.6 Å². The van der Waals surface area contributed by atoms with E-state index in [2.05, 4.69) is 36.1 Å². The van der Waals surface area contributed by atoms with Crippen molar-refractivity contribution in [2.24, 2.45) is 5.92 Å². The Morgan fingerprint density at radius 3 is 2.25 bits per heavy atom. The van der Waals surface area contributed by atoms with Crippen LogP contribution in [0.5, 0.6) is 0 Å². The van der Waals surface area contributed by atoms with Crippen LogP contribution in [0.1, 0.15) is 30.9 Å². The first kappa shape index (κ1) is 17.0. The lowest BCUT2D eigenvalue weighted by Crippen LogP contribution is -2.37. The summed E-state index contributed by atoms with van der Waals surface area (Å²) in [4.78, 5) is 13.3. The number of rotatable bonds is 5. The molecule has 0 spiro atoms.